The number of carboxylic acid groups (broad SMARTS) is 1. The molecule has 0 aliphatic heterocycles. The number of anilines is 1. The van der Waals surface area contributed by atoms with Gasteiger partial charge in [0.05, 0.1) is 5.56 Å². The average molecular weight is 326 g/mol. The van der Waals surface area contributed by atoms with Crippen LogP contribution >= 0.6 is 15.9 Å². The van der Waals surface area contributed by atoms with E-state index in [2.05, 4.69) is 28.2 Å². The smallest absolute Gasteiger partial charge is 0.335 e. The highest BCUT2D eigenvalue weighted by atomic mass is 79.9. The van der Waals surface area contributed by atoms with Crippen LogP contribution in [0, 0.1) is 5.41 Å². The van der Waals surface area contributed by atoms with Gasteiger partial charge in [0.1, 0.15) is 0 Å². The van der Waals surface area contributed by atoms with E-state index in [9.17, 15) is 4.79 Å². The van der Waals surface area contributed by atoms with Crippen LogP contribution in [0.5, 0.6) is 0 Å². The molecule has 0 unspecified atom stereocenters. The predicted molar refractivity (Wildman–Crippen MR) is 80.8 cm³/mol. The highest BCUT2D eigenvalue weighted by molar-refractivity contribution is 9.10. The first-order valence-electron chi connectivity index (χ1n) is 6.83. The topological polar surface area (TPSA) is 49.3 Å². The van der Waals surface area contributed by atoms with E-state index >= 15 is 0 Å². The van der Waals surface area contributed by atoms with Crippen LogP contribution < -0.4 is 5.32 Å². The highest BCUT2D eigenvalue weighted by Crippen LogP contribution is 2.41. The molecule has 2 rings (SSSR count). The lowest BCUT2D eigenvalue weighted by Crippen LogP contribution is -2.26. The maximum Gasteiger partial charge on any atom is 0.335 e. The molecule has 1 aliphatic rings. The van der Waals surface area contributed by atoms with Gasteiger partial charge in [-0.1, -0.05) is 19.8 Å². The van der Waals surface area contributed by atoms with Crippen LogP contribution in [0.4, 0.5) is 5.69 Å². The molecule has 1 aromatic rings. The van der Waals surface area contributed by atoms with E-state index in [1.165, 1.54) is 32.1 Å². The van der Waals surface area contributed by atoms with Gasteiger partial charge in [-0.2, -0.15) is 0 Å². The van der Waals surface area contributed by atoms with Crippen molar-refractivity contribution >= 4 is 27.6 Å². The van der Waals surface area contributed by atoms with Gasteiger partial charge in [-0.3, -0.25) is 0 Å². The minimum Gasteiger partial charge on any atom is -0.478 e. The van der Waals surface area contributed by atoms with Gasteiger partial charge in [0.2, 0.25) is 0 Å². The molecule has 1 fully saturated rings. The van der Waals surface area contributed by atoms with Crippen molar-refractivity contribution in [1.82, 2.24) is 0 Å². The van der Waals surface area contributed by atoms with E-state index in [-0.39, 0.29) is 0 Å². The van der Waals surface area contributed by atoms with Crippen LogP contribution in [-0.2, 0) is 0 Å². The number of hydrogen-bond acceptors (Lipinski definition) is 2. The summed E-state index contributed by atoms with van der Waals surface area (Å²) in [6, 6.07) is 5.13. The molecule has 104 valence electrons. The SMILES string of the molecule is CCC1(CNc2ccc(C(=O)O)cc2Br)CCCC1. The quantitative estimate of drug-likeness (QED) is 0.836. The molecule has 4 heteroatoms. The third kappa shape index (κ3) is 3.30. The normalized spacial score (nSPS) is 17.4. The maximum absolute atomic E-state index is 10.9. The zero-order valence-corrected chi connectivity index (χ0v) is 12.8. The average Bonchev–Trinajstić information content (AvgIpc) is 2.86. The van der Waals surface area contributed by atoms with Crippen molar-refractivity contribution in [3.63, 3.8) is 0 Å². The molecule has 0 aromatic heterocycles. The first-order valence-corrected chi connectivity index (χ1v) is 7.62. The van der Waals surface area contributed by atoms with Crippen molar-refractivity contribution in [3.8, 4) is 0 Å². The standard InChI is InChI=1S/C15H20BrNO2/c1-2-15(7-3-4-8-15)10-17-13-6-5-11(14(18)19)9-12(13)16/h5-6,9,17H,2-4,7-8,10H2,1H3,(H,18,19). The first kappa shape index (κ1) is 14.4. The van der Waals surface area contributed by atoms with Crippen LogP contribution in [0.3, 0.4) is 0 Å². The van der Waals surface area contributed by atoms with Gasteiger partial charge in [0.25, 0.3) is 0 Å². The Balaban J connectivity index is 2.05. The van der Waals surface area contributed by atoms with Gasteiger partial charge in [0.15, 0.2) is 0 Å². The van der Waals surface area contributed by atoms with Gasteiger partial charge < -0.3 is 10.4 Å². The summed E-state index contributed by atoms with van der Waals surface area (Å²) < 4.78 is 0.816. The van der Waals surface area contributed by atoms with Crippen LogP contribution in [0.2, 0.25) is 0 Å². The molecule has 1 aliphatic carbocycles. The Morgan fingerprint density at radius 3 is 2.63 bits per heavy atom. The summed E-state index contributed by atoms with van der Waals surface area (Å²) in [6.07, 6.45) is 6.44. The first-order chi connectivity index (χ1) is 9.06. The second-order valence-corrected chi connectivity index (χ2v) is 6.27. The molecule has 0 saturated heterocycles. The van der Waals surface area contributed by atoms with Crippen LogP contribution in [-0.4, -0.2) is 17.6 Å². The number of carboxylic acids is 1. The molecule has 3 nitrogen and oxygen atoms in total. The van der Waals surface area contributed by atoms with Gasteiger partial charge >= 0.3 is 5.97 Å². The Morgan fingerprint density at radius 2 is 2.11 bits per heavy atom. The van der Waals surface area contributed by atoms with Gasteiger partial charge in [-0.05, 0) is 58.8 Å². The third-order valence-corrected chi connectivity index (χ3v) is 4.94. The Kier molecular flexibility index (Phi) is 4.50. The summed E-state index contributed by atoms with van der Waals surface area (Å²) >= 11 is 3.44. The van der Waals surface area contributed by atoms with Crippen LogP contribution in [0.15, 0.2) is 22.7 Å². The van der Waals surface area contributed by atoms with Gasteiger partial charge in [0, 0.05) is 16.7 Å². The molecule has 0 bridgehead atoms. The Labute approximate surface area is 122 Å². The summed E-state index contributed by atoms with van der Waals surface area (Å²) in [7, 11) is 0. The number of rotatable bonds is 5. The molecular formula is C15H20BrNO2. The number of hydrogen-bond donors (Lipinski definition) is 2. The van der Waals surface area contributed by atoms with Gasteiger partial charge in [-0.25, -0.2) is 4.79 Å². The maximum atomic E-state index is 10.9. The third-order valence-electron chi connectivity index (χ3n) is 4.28. The molecule has 1 saturated carbocycles. The number of carbonyl (C=O) groups is 1. The summed E-state index contributed by atoms with van der Waals surface area (Å²) in [5, 5.41) is 12.4. The Bertz CT molecular complexity index is 467. The Morgan fingerprint density at radius 1 is 1.42 bits per heavy atom. The van der Waals surface area contributed by atoms with Gasteiger partial charge in [-0.15, -0.1) is 0 Å². The molecule has 19 heavy (non-hydrogen) atoms. The molecule has 0 radical (unpaired) electrons. The van der Waals surface area contributed by atoms with E-state index < -0.39 is 5.97 Å². The van der Waals surface area contributed by atoms with E-state index in [1.54, 1.807) is 12.1 Å². The van der Waals surface area contributed by atoms with Crippen molar-refractivity contribution in [2.75, 3.05) is 11.9 Å². The molecule has 0 spiro atoms. The largest absolute Gasteiger partial charge is 0.478 e. The summed E-state index contributed by atoms with van der Waals surface area (Å²) in [6.45, 7) is 3.23. The van der Waals surface area contributed by atoms with Crippen molar-refractivity contribution in [3.05, 3.63) is 28.2 Å². The molecule has 0 amide bonds. The summed E-state index contributed by atoms with van der Waals surface area (Å²) in [5.74, 6) is -0.895. The summed E-state index contributed by atoms with van der Waals surface area (Å²) in [4.78, 5) is 10.9. The highest BCUT2D eigenvalue weighted by Gasteiger charge is 2.31. The molecule has 2 N–H and O–H groups in total. The second-order valence-electron chi connectivity index (χ2n) is 5.41. The van der Waals surface area contributed by atoms with Crippen LogP contribution in [0.1, 0.15) is 49.4 Å². The lowest BCUT2D eigenvalue weighted by atomic mass is 9.83. The fourth-order valence-corrected chi connectivity index (χ4v) is 3.37. The lowest BCUT2D eigenvalue weighted by Gasteiger charge is -2.28. The van der Waals surface area contributed by atoms with E-state index in [1.807, 2.05) is 6.07 Å². The lowest BCUT2D eigenvalue weighted by molar-refractivity contribution is 0.0697. The second kappa shape index (κ2) is 5.95. The zero-order valence-electron chi connectivity index (χ0n) is 11.2. The fourth-order valence-electron chi connectivity index (χ4n) is 2.85. The van der Waals surface area contributed by atoms with E-state index in [0.717, 1.165) is 16.7 Å². The fraction of sp³-hybridized carbons (Fsp3) is 0.533. The molecular weight excluding hydrogens is 306 g/mol. The molecule has 0 atom stereocenters. The van der Waals surface area contributed by atoms with Crippen molar-refractivity contribution in [2.24, 2.45) is 5.41 Å². The minimum atomic E-state index is -0.895. The predicted octanol–water partition coefficient (Wildman–Crippen LogP) is 4.53. The van der Waals surface area contributed by atoms with E-state index in [0.29, 0.717) is 11.0 Å². The monoisotopic (exact) mass is 325 g/mol. The zero-order chi connectivity index (χ0) is 13.9. The minimum absolute atomic E-state index is 0.309. The van der Waals surface area contributed by atoms with Crippen molar-refractivity contribution < 1.29 is 9.90 Å². The number of aromatic carboxylic acids is 1. The molecule has 1 aromatic carbocycles. The number of halogens is 1. The molecule has 0 heterocycles. The van der Waals surface area contributed by atoms with Crippen molar-refractivity contribution in [1.29, 1.82) is 0 Å². The number of benzene rings is 1. The summed E-state index contributed by atoms with van der Waals surface area (Å²) in [5.41, 5.74) is 1.71. The number of nitrogens with one attached hydrogen (secondary N) is 1. The van der Waals surface area contributed by atoms with E-state index in [4.69, 9.17) is 5.11 Å². The Hall–Kier alpha value is -1.03. The van der Waals surface area contributed by atoms with Crippen LogP contribution in [0.25, 0.3) is 0 Å². The van der Waals surface area contributed by atoms with Crippen molar-refractivity contribution in [2.45, 2.75) is 39.0 Å².